The number of benzene rings is 2. The summed E-state index contributed by atoms with van der Waals surface area (Å²) in [6.07, 6.45) is 6.11. The lowest BCUT2D eigenvalue weighted by atomic mass is 10.1. The first kappa shape index (κ1) is 38.0. The Labute approximate surface area is 306 Å². The number of aromatic amines is 2. The van der Waals surface area contributed by atoms with Gasteiger partial charge >= 0.3 is 12.2 Å². The summed E-state index contributed by atoms with van der Waals surface area (Å²) in [5, 5.41) is 0. The van der Waals surface area contributed by atoms with Gasteiger partial charge in [-0.25, -0.2) is 29.5 Å². The maximum Gasteiger partial charge on any atom is 0.410 e. The van der Waals surface area contributed by atoms with Crippen LogP contribution in [-0.4, -0.2) is 76.2 Å². The summed E-state index contributed by atoms with van der Waals surface area (Å²) in [7, 11) is 0. The normalized spacial score (nSPS) is 13.1. The van der Waals surface area contributed by atoms with Crippen molar-refractivity contribution < 1.29 is 19.1 Å². The lowest BCUT2D eigenvalue weighted by Crippen LogP contribution is -2.39. The monoisotopic (exact) mass is 708 g/mol. The van der Waals surface area contributed by atoms with E-state index >= 15 is 0 Å². The predicted octanol–water partition coefficient (Wildman–Crippen LogP) is 9.49. The molecule has 12 nitrogen and oxygen atoms in total. The van der Waals surface area contributed by atoms with E-state index in [2.05, 4.69) is 24.9 Å². The van der Waals surface area contributed by atoms with E-state index < -0.39 is 11.2 Å². The maximum absolute atomic E-state index is 13.0. The average Bonchev–Trinajstić information content (AvgIpc) is 3.75. The molecule has 12 heteroatoms. The van der Waals surface area contributed by atoms with Gasteiger partial charge in [0, 0.05) is 36.6 Å². The Bertz CT molecular complexity index is 1970. The number of rotatable bonds is 11. The minimum Gasteiger partial charge on any atom is -0.444 e. The maximum atomic E-state index is 13.0. The van der Waals surface area contributed by atoms with Gasteiger partial charge in [-0.15, -0.1) is 0 Å². The minimum absolute atomic E-state index is 0.233. The fraction of sp³-hybridized carbons (Fsp3) is 0.450. The van der Waals surface area contributed by atoms with Gasteiger partial charge in [0.2, 0.25) is 0 Å². The number of ether oxygens (including phenoxy) is 2. The summed E-state index contributed by atoms with van der Waals surface area (Å²) in [4.78, 5) is 55.0. The summed E-state index contributed by atoms with van der Waals surface area (Å²) in [5.74, 6) is 2.02. The van der Waals surface area contributed by atoms with E-state index in [4.69, 9.17) is 14.5 Å². The van der Waals surface area contributed by atoms with Crippen LogP contribution in [0.1, 0.15) is 106 Å². The smallest absolute Gasteiger partial charge is 0.410 e. The lowest BCUT2D eigenvalue weighted by molar-refractivity contribution is 0.0148. The molecule has 0 aliphatic rings. The van der Waals surface area contributed by atoms with Crippen molar-refractivity contribution in [1.82, 2.24) is 39.7 Å². The predicted molar refractivity (Wildman–Crippen MR) is 203 cm³/mol. The van der Waals surface area contributed by atoms with Gasteiger partial charge in [0.05, 0.1) is 35.0 Å². The molecule has 0 fully saturated rings. The van der Waals surface area contributed by atoms with E-state index in [1.54, 1.807) is 16.0 Å². The highest BCUT2D eigenvalue weighted by molar-refractivity contribution is 5.81. The molecule has 5 aromatic rings. The second kappa shape index (κ2) is 15.5. The van der Waals surface area contributed by atoms with Crippen LogP contribution in [0.4, 0.5) is 9.59 Å². The van der Waals surface area contributed by atoms with Gasteiger partial charge in [-0.2, -0.15) is 0 Å². The summed E-state index contributed by atoms with van der Waals surface area (Å²) in [5.41, 5.74) is 5.04. The first-order chi connectivity index (χ1) is 24.6. The molecular formula is C40H52N8O4. The van der Waals surface area contributed by atoms with Crippen molar-refractivity contribution in [3.05, 3.63) is 72.7 Å². The number of carbonyl (C=O) groups is 2. The van der Waals surface area contributed by atoms with Gasteiger partial charge < -0.3 is 19.4 Å². The molecule has 52 heavy (non-hydrogen) atoms. The quantitative estimate of drug-likeness (QED) is 0.138. The molecule has 2 unspecified atom stereocenters. The summed E-state index contributed by atoms with van der Waals surface area (Å²) >= 11 is 0. The number of nitrogens with one attached hydrogen (secondary N) is 2. The molecule has 2 aromatic carbocycles. The molecular weight excluding hydrogens is 656 g/mol. The van der Waals surface area contributed by atoms with Gasteiger partial charge in [-0.1, -0.05) is 38.1 Å². The lowest BCUT2D eigenvalue weighted by Gasteiger charge is -2.31. The Balaban J connectivity index is 1.30. The van der Waals surface area contributed by atoms with Crippen LogP contribution in [0.25, 0.3) is 44.8 Å². The fourth-order valence-corrected chi connectivity index (χ4v) is 6.16. The zero-order valence-electron chi connectivity index (χ0n) is 32.1. The molecule has 0 saturated carbocycles. The van der Waals surface area contributed by atoms with Crippen LogP contribution in [0.2, 0.25) is 0 Å². The zero-order chi connectivity index (χ0) is 37.8. The molecule has 0 saturated heterocycles. The van der Waals surface area contributed by atoms with Gasteiger partial charge in [-0.3, -0.25) is 9.80 Å². The molecule has 0 aliphatic heterocycles. The molecule has 0 aliphatic carbocycles. The molecule has 3 aromatic heterocycles. The number of imidazole rings is 2. The van der Waals surface area contributed by atoms with Crippen LogP contribution in [0.3, 0.4) is 0 Å². The number of aromatic nitrogens is 6. The Morgan fingerprint density at radius 3 is 1.69 bits per heavy atom. The Morgan fingerprint density at radius 1 is 0.654 bits per heavy atom. The third-order valence-electron chi connectivity index (χ3n) is 8.63. The van der Waals surface area contributed by atoms with Crippen molar-refractivity contribution in [3.8, 4) is 33.8 Å². The minimum atomic E-state index is -0.586. The Hall–Kier alpha value is -5.26. The first-order valence-corrected chi connectivity index (χ1v) is 18.1. The second-order valence-corrected chi connectivity index (χ2v) is 14.8. The van der Waals surface area contributed by atoms with E-state index in [1.165, 1.54) is 0 Å². The first-order valence-electron chi connectivity index (χ1n) is 18.1. The highest BCUT2D eigenvalue weighted by atomic mass is 16.6. The number of fused-ring (bicyclic) bond motifs is 1. The number of hydrogen-bond donors (Lipinski definition) is 2. The molecule has 2 amide bonds. The van der Waals surface area contributed by atoms with Crippen LogP contribution in [0.5, 0.6) is 0 Å². The van der Waals surface area contributed by atoms with Gasteiger partial charge in [0.25, 0.3) is 0 Å². The van der Waals surface area contributed by atoms with Crippen LogP contribution in [0.15, 0.2) is 61.1 Å². The van der Waals surface area contributed by atoms with Crippen molar-refractivity contribution in [2.45, 2.75) is 105 Å². The van der Waals surface area contributed by atoms with E-state index in [0.29, 0.717) is 37.6 Å². The standard InChI is InChI=1S/C40H52N8O4/c1-11-32(47(13-3)37(49)51-39(5,6)7)35-43-24-31(46-35)26-17-15-25(16-18-26)28-22-41-34(42-23-28)27-19-20-29-30(21-27)45-36(44-29)33(12-2)48(14-4)38(50)52-40(8,9)10/h15-24,32-33H,11-14H2,1-10H3,(H,43,46)(H,44,45). The second-order valence-electron chi connectivity index (χ2n) is 14.8. The SMILES string of the molecule is CCC(c1ncc(-c2ccc(-c3cnc(-c4ccc5nc(C(CC)N(CC)C(=O)OC(C)(C)C)[nH]c5c4)nc3)cc2)[nH]1)N(CC)C(=O)OC(C)(C)C. The van der Waals surface area contributed by atoms with Crippen LogP contribution >= 0.6 is 0 Å². The topological polar surface area (TPSA) is 142 Å². The molecule has 2 atom stereocenters. The molecule has 2 N–H and O–H groups in total. The third-order valence-corrected chi connectivity index (χ3v) is 8.63. The highest BCUT2D eigenvalue weighted by Gasteiger charge is 2.30. The molecule has 0 spiro atoms. The van der Waals surface area contributed by atoms with Gasteiger partial charge in [0.1, 0.15) is 22.9 Å². The molecule has 5 rings (SSSR count). The van der Waals surface area contributed by atoms with Crippen LogP contribution in [0, 0.1) is 0 Å². The summed E-state index contributed by atoms with van der Waals surface area (Å²) in [6.45, 7) is 20.2. The van der Waals surface area contributed by atoms with Crippen molar-refractivity contribution in [2.24, 2.45) is 0 Å². The zero-order valence-corrected chi connectivity index (χ0v) is 32.1. The molecule has 3 heterocycles. The van der Waals surface area contributed by atoms with Crippen molar-refractivity contribution >= 4 is 23.2 Å². The highest BCUT2D eigenvalue weighted by Crippen LogP contribution is 2.30. The number of H-pyrrole nitrogens is 2. The van der Waals surface area contributed by atoms with E-state index in [0.717, 1.165) is 44.8 Å². The van der Waals surface area contributed by atoms with E-state index in [9.17, 15) is 9.59 Å². The Kier molecular flexibility index (Phi) is 11.4. The van der Waals surface area contributed by atoms with Gasteiger partial charge in [-0.05, 0) is 97.6 Å². The Morgan fingerprint density at radius 2 is 1.17 bits per heavy atom. The number of carbonyl (C=O) groups excluding carboxylic acids is 2. The molecule has 0 radical (unpaired) electrons. The number of hydrogen-bond acceptors (Lipinski definition) is 8. The summed E-state index contributed by atoms with van der Waals surface area (Å²) < 4.78 is 11.3. The van der Waals surface area contributed by atoms with Crippen LogP contribution < -0.4 is 0 Å². The largest absolute Gasteiger partial charge is 0.444 e. The molecule has 0 bridgehead atoms. The summed E-state index contributed by atoms with van der Waals surface area (Å²) in [6, 6.07) is 13.5. The number of amides is 2. The van der Waals surface area contributed by atoms with Crippen molar-refractivity contribution in [3.63, 3.8) is 0 Å². The fourth-order valence-electron chi connectivity index (χ4n) is 6.16. The molecule has 276 valence electrons. The van der Waals surface area contributed by atoms with Gasteiger partial charge in [0.15, 0.2) is 5.82 Å². The van der Waals surface area contributed by atoms with Crippen molar-refractivity contribution in [2.75, 3.05) is 13.1 Å². The van der Waals surface area contributed by atoms with Crippen LogP contribution in [-0.2, 0) is 9.47 Å². The third kappa shape index (κ3) is 8.78. The average molecular weight is 709 g/mol. The van der Waals surface area contributed by atoms with Crippen molar-refractivity contribution in [1.29, 1.82) is 0 Å². The number of nitrogens with zero attached hydrogens (tertiary/aromatic N) is 6. The van der Waals surface area contributed by atoms with E-state index in [1.807, 2.05) is 124 Å². The van der Waals surface area contributed by atoms with E-state index in [-0.39, 0.29) is 24.3 Å².